The van der Waals surface area contributed by atoms with Crippen molar-refractivity contribution in [1.82, 2.24) is 0 Å². The molecule has 0 unspecified atom stereocenters. The Kier molecular flexibility index (Phi) is 4.62. The van der Waals surface area contributed by atoms with E-state index >= 15 is 0 Å². The van der Waals surface area contributed by atoms with Crippen LogP contribution >= 0.6 is 8.19 Å². The van der Waals surface area contributed by atoms with Crippen molar-refractivity contribution in [3.05, 3.63) is 27.8 Å². The van der Waals surface area contributed by atoms with E-state index < -0.39 is 0 Å². The molecule has 0 bridgehead atoms. The summed E-state index contributed by atoms with van der Waals surface area (Å²) in [5.74, 6) is 2.41. The fourth-order valence-corrected chi connectivity index (χ4v) is 3.43. The Morgan fingerprint density at radius 1 is 0.857 bits per heavy atom. The highest BCUT2D eigenvalue weighted by Gasteiger charge is 2.08. The van der Waals surface area contributed by atoms with E-state index in [1.54, 1.807) is 22.0 Å². The van der Waals surface area contributed by atoms with Crippen LogP contribution in [-0.2, 0) is 25.7 Å². The second-order valence-electron chi connectivity index (χ2n) is 3.60. The highest BCUT2D eigenvalue weighted by atomic mass is 31.0. The van der Waals surface area contributed by atoms with Gasteiger partial charge in [0.25, 0.3) is 0 Å². The Labute approximate surface area is 89.8 Å². The largest absolute Gasteiger partial charge is 0.0723 e. The molecule has 0 N–H and O–H groups in total. The maximum Gasteiger partial charge on any atom is -0.0174 e. The molecule has 0 fully saturated rings. The molecule has 0 aliphatic heterocycles. The van der Waals surface area contributed by atoms with Gasteiger partial charge < -0.3 is 0 Å². The van der Waals surface area contributed by atoms with E-state index in [1.807, 2.05) is 0 Å². The molecular weight excluding hydrogens is 187 g/mol. The molecule has 1 aromatic rings. The molecule has 78 valence electrons. The minimum Gasteiger partial charge on any atom is -0.0723 e. The molecular formula is C13H21P. The Bertz CT molecular complexity index is 271. The zero-order chi connectivity index (χ0) is 10.6. The zero-order valence-corrected chi connectivity index (χ0v) is 10.7. The van der Waals surface area contributed by atoms with Crippen molar-refractivity contribution in [3.63, 3.8) is 0 Å². The molecule has 0 aliphatic carbocycles. The Morgan fingerprint density at radius 3 is 1.93 bits per heavy atom. The number of aryl methyl sites for hydroxylation is 2. The van der Waals surface area contributed by atoms with Gasteiger partial charge in [-0.15, -0.1) is 0 Å². The fourth-order valence-electron chi connectivity index (χ4n) is 2.15. The highest BCUT2D eigenvalue weighted by Crippen LogP contribution is 2.28. The first kappa shape index (κ1) is 11.7. The van der Waals surface area contributed by atoms with Gasteiger partial charge in [0.1, 0.15) is 0 Å². The average Bonchev–Trinajstić information content (AvgIpc) is 2.26. The van der Waals surface area contributed by atoms with E-state index in [9.17, 15) is 0 Å². The van der Waals surface area contributed by atoms with Crippen molar-refractivity contribution in [2.24, 2.45) is 0 Å². The molecule has 0 atom stereocenters. The second kappa shape index (κ2) is 5.51. The van der Waals surface area contributed by atoms with E-state index in [-0.39, 0.29) is 0 Å². The van der Waals surface area contributed by atoms with Crippen molar-refractivity contribution in [3.8, 4) is 0 Å². The third-order valence-electron chi connectivity index (χ3n) is 2.90. The highest BCUT2D eigenvalue weighted by molar-refractivity contribution is 7.30. The maximum atomic E-state index is 2.41. The maximum absolute atomic E-state index is 2.41. The molecule has 0 amide bonds. The summed E-state index contributed by atoms with van der Waals surface area (Å²) in [6, 6.07) is 0. The minimum absolute atomic E-state index is 1.19. The first-order valence-electron chi connectivity index (χ1n) is 5.76. The minimum atomic E-state index is 1.19. The standard InChI is InChI=1S/C13H21P/c1-5-10-9-14-13(8-4)12(7-3)11(10)6-2/h9H,5-8H2,1-4H3. The van der Waals surface area contributed by atoms with Gasteiger partial charge in [-0.3, -0.25) is 0 Å². The van der Waals surface area contributed by atoms with Crippen LogP contribution in [-0.4, -0.2) is 0 Å². The van der Waals surface area contributed by atoms with Crippen LogP contribution in [0.5, 0.6) is 0 Å². The van der Waals surface area contributed by atoms with Crippen LogP contribution in [0.2, 0.25) is 0 Å². The van der Waals surface area contributed by atoms with Gasteiger partial charge in [0, 0.05) is 0 Å². The van der Waals surface area contributed by atoms with Crippen molar-refractivity contribution in [1.29, 1.82) is 0 Å². The fraction of sp³-hybridized carbons (Fsp3) is 0.615. The van der Waals surface area contributed by atoms with Gasteiger partial charge in [0.2, 0.25) is 0 Å². The molecule has 0 aliphatic rings. The average molecular weight is 208 g/mol. The summed E-state index contributed by atoms with van der Waals surface area (Å²) in [5, 5.41) is 1.64. The number of hydrogen-bond donors (Lipinski definition) is 0. The zero-order valence-electron chi connectivity index (χ0n) is 9.85. The molecule has 0 spiro atoms. The summed E-state index contributed by atoms with van der Waals surface area (Å²) >= 11 is 0. The number of rotatable bonds is 4. The summed E-state index contributed by atoms with van der Waals surface area (Å²) in [6.07, 6.45) is 4.80. The van der Waals surface area contributed by atoms with Crippen molar-refractivity contribution in [2.75, 3.05) is 0 Å². The molecule has 1 aromatic heterocycles. The Hall–Kier alpha value is -0.350. The lowest BCUT2D eigenvalue weighted by atomic mass is 9.98. The van der Waals surface area contributed by atoms with Crippen LogP contribution < -0.4 is 0 Å². The summed E-state index contributed by atoms with van der Waals surface area (Å²) in [4.78, 5) is 0. The Morgan fingerprint density at radius 2 is 1.50 bits per heavy atom. The predicted octanol–water partition coefficient (Wildman–Crippen LogP) is 4.52. The first-order chi connectivity index (χ1) is 6.78. The first-order valence-corrected chi connectivity index (χ1v) is 6.73. The third-order valence-corrected chi connectivity index (χ3v) is 4.24. The lowest BCUT2D eigenvalue weighted by Crippen LogP contribution is -1.99. The topological polar surface area (TPSA) is 0 Å². The van der Waals surface area contributed by atoms with Crippen molar-refractivity contribution >= 4 is 8.19 Å². The van der Waals surface area contributed by atoms with Crippen LogP contribution in [0.3, 0.4) is 0 Å². The van der Waals surface area contributed by atoms with Crippen LogP contribution in [0, 0.1) is 0 Å². The van der Waals surface area contributed by atoms with Gasteiger partial charge in [0.05, 0.1) is 0 Å². The molecule has 0 nitrogen and oxygen atoms in total. The van der Waals surface area contributed by atoms with Gasteiger partial charge in [-0.2, -0.15) is 0 Å². The molecule has 1 heterocycles. The molecule has 0 aromatic carbocycles. The summed E-state index contributed by atoms with van der Waals surface area (Å²) in [7, 11) is 1.45. The lowest BCUT2D eigenvalue weighted by molar-refractivity contribution is 0.966. The second-order valence-corrected chi connectivity index (χ2v) is 4.66. The van der Waals surface area contributed by atoms with Crippen molar-refractivity contribution < 1.29 is 0 Å². The van der Waals surface area contributed by atoms with Crippen LogP contribution in [0.4, 0.5) is 0 Å². The monoisotopic (exact) mass is 208 g/mol. The van der Waals surface area contributed by atoms with E-state index in [0.29, 0.717) is 0 Å². The van der Waals surface area contributed by atoms with E-state index in [1.165, 1.54) is 33.9 Å². The van der Waals surface area contributed by atoms with Gasteiger partial charge in [-0.25, -0.2) is 0 Å². The van der Waals surface area contributed by atoms with Gasteiger partial charge >= 0.3 is 0 Å². The van der Waals surface area contributed by atoms with Crippen molar-refractivity contribution in [2.45, 2.75) is 53.4 Å². The lowest BCUT2D eigenvalue weighted by Gasteiger charge is -2.14. The van der Waals surface area contributed by atoms with Gasteiger partial charge in [-0.05, 0) is 53.5 Å². The van der Waals surface area contributed by atoms with E-state index in [0.717, 1.165) is 0 Å². The molecule has 0 radical (unpaired) electrons. The molecule has 1 heteroatoms. The third kappa shape index (κ3) is 2.17. The predicted molar refractivity (Wildman–Crippen MR) is 66.5 cm³/mol. The molecule has 0 saturated heterocycles. The molecule has 14 heavy (non-hydrogen) atoms. The van der Waals surface area contributed by atoms with Crippen LogP contribution in [0.25, 0.3) is 0 Å². The van der Waals surface area contributed by atoms with Crippen LogP contribution in [0.15, 0.2) is 5.80 Å². The molecule has 1 rings (SSSR count). The van der Waals surface area contributed by atoms with Gasteiger partial charge in [-0.1, -0.05) is 35.9 Å². The smallest absolute Gasteiger partial charge is 0.0174 e. The number of hydrogen-bond acceptors (Lipinski definition) is 0. The van der Waals surface area contributed by atoms with Crippen LogP contribution in [0.1, 0.15) is 49.7 Å². The van der Waals surface area contributed by atoms with E-state index in [4.69, 9.17) is 0 Å². The summed E-state index contributed by atoms with van der Waals surface area (Å²) in [6.45, 7) is 9.11. The molecule has 0 saturated carbocycles. The Balaban J connectivity index is 3.28. The normalized spacial score (nSPS) is 11.1. The summed E-state index contributed by atoms with van der Waals surface area (Å²) < 4.78 is 0. The van der Waals surface area contributed by atoms with Gasteiger partial charge in [0.15, 0.2) is 0 Å². The summed E-state index contributed by atoms with van der Waals surface area (Å²) in [5.41, 5.74) is 4.87. The quantitative estimate of drug-likeness (QED) is 0.682. The van der Waals surface area contributed by atoms with E-state index in [2.05, 4.69) is 33.5 Å². The SMILES string of the molecule is CCc1cpc(CC)c(CC)c1CC.